The Hall–Kier alpha value is -2.60. The molecule has 1 aromatic carbocycles. The van der Waals surface area contributed by atoms with Crippen LogP contribution in [0.25, 0.3) is 10.6 Å². The van der Waals surface area contributed by atoms with Gasteiger partial charge in [0.1, 0.15) is 0 Å². The van der Waals surface area contributed by atoms with Gasteiger partial charge in [-0.1, -0.05) is 26.0 Å². The van der Waals surface area contributed by atoms with E-state index in [9.17, 15) is 4.79 Å². The van der Waals surface area contributed by atoms with Crippen LogP contribution in [0.1, 0.15) is 35.6 Å². The topological polar surface area (TPSA) is 67.8 Å². The molecule has 0 bridgehead atoms. The van der Waals surface area contributed by atoms with Crippen molar-refractivity contribution in [3.63, 3.8) is 0 Å². The van der Waals surface area contributed by atoms with Crippen LogP contribution >= 0.6 is 11.3 Å². The number of Topliss-reactive ketones (excluding diaryl/α,β-unsaturated/α-hetero) is 1. The van der Waals surface area contributed by atoms with Gasteiger partial charge in [-0.25, -0.2) is 15.0 Å². The van der Waals surface area contributed by atoms with Crippen LogP contribution in [0, 0.1) is 0 Å². The lowest BCUT2D eigenvalue weighted by molar-refractivity contribution is 0.0988. The number of ketones is 1. The number of aryl methyl sites for hydroxylation is 1. The van der Waals surface area contributed by atoms with Crippen molar-refractivity contribution in [1.82, 2.24) is 15.0 Å². The Kier molecular flexibility index (Phi) is 4.96. The van der Waals surface area contributed by atoms with Gasteiger partial charge in [-0.3, -0.25) is 4.79 Å². The van der Waals surface area contributed by atoms with Crippen molar-refractivity contribution in [2.45, 2.75) is 26.7 Å². The predicted octanol–water partition coefficient (Wildman–Crippen LogP) is 4.50. The Morgan fingerprint density at radius 3 is 2.83 bits per heavy atom. The normalized spacial score (nSPS) is 10.6. The predicted molar refractivity (Wildman–Crippen MR) is 96.9 cm³/mol. The lowest BCUT2D eigenvalue weighted by atomic mass is 10.1. The Morgan fingerprint density at radius 1 is 1.21 bits per heavy atom. The fourth-order valence-electron chi connectivity index (χ4n) is 2.25. The van der Waals surface area contributed by atoms with Gasteiger partial charge >= 0.3 is 0 Å². The summed E-state index contributed by atoms with van der Waals surface area (Å²) in [5.41, 5.74) is 2.32. The molecule has 5 nitrogen and oxygen atoms in total. The molecule has 2 aromatic heterocycles. The molecular formula is C18H18N4OS. The van der Waals surface area contributed by atoms with Crippen molar-refractivity contribution in [3.05, 3.63) is 53.3 Å². The van der Waals surface area contributed by atoms with Gasteiger partial charge in [0.25, 0.3) is 0 Å². The first-order valence-electron chi connectivity index (χ1n) is 7.88. The van der Waals surface area contributed by atoms with Gasteiger partial charge < -0.3 is 5.32 Å². The zero-order chi connectivity index (χ0) is 16.9. The maximum Gasteiger partial charge on any atom is 0.227 e. The van der Waals surface area contributed by atoms with E-state index >= 15 is 0 Å². The molecule has 1 N–H and O–H groups in total. The molecule has 3 aromatic rings. The summed E-state index contributed by atoms with van der Waals surface area (Å²) in [5, 5.41) is 4.25. The number of benzene rings is 1. The Morgan fingerprint density at radius 2 is 2.08 bits per heavy atom. The van der Waals surface area contributed by atoms with Gasteiger partial charge in [0.05, 0.1) is 15.6 Å². The highest BCUT2D eigenvalue weighted by Gasteiger charge is 2.08. The molecule has 0 fully saturated rings. The van der Waals surface area contributed by atoms with Crippen molar-refractivity contribution < 1.29 is 4.79 Å². The maximum absolute atomic E-state index is 11.8. The summed E-state index contributed by atoms with van der Waals surface area (Å²) in [5.74, 6) is 0.616. The molecule has 0 saturated carbocycles. The fourth-order valence-corrected chi connectivity index (χ4v) is 3.08. The highest BCUT2D eigenvalue weighted by atomic mass is 32.1. The second-order valence-electron chi connectivity index (χ2n) is 5.22. The van der Waals surface area contributed by atoms with E-state index in [4.69, 9.17) is 0 Å². The van der Waals surface area contributed by atoms with Gasteiger partial charge in [-0.15, -0.1) is 11.3 Å². The summed E-state index contributed by atoms with van der Waals surface area (Å²) in [6, 6.07) is 9.26. The summed E-state index contributed by atoms with van der Waals surface area (Å²) < 4.78 is 0. The molecular weight excluding hydrogens is 320 g/mol. The van der Waals surface area contributed by atoms with Gasteiger partial charge in [0, 0.05) is 30.1 Å². The number of nitrogens with zero attached hydrogens (tertiary/aromatic N) is 3. The zero-order valence-corrected chi connectivity index (χ0v) is 14.4. The Bertz CT molecular complexity index is 859. The standard InChI is InChI=1S/C18H18N4OS/c1-3-15(23)12-6-5-7-13(10-12)21-18-19-9-8-14(22-18)16-11-20-17(4-2)24-16/h5-11H,3-4H2,1-2H3,(H,19,21,22). The third kappa shape index (κ3) is 3.65. The molecule has 0 aliphatic heterocycles. The summed E-state index contributed by atoms with van der Waals surface area (Å²) in [7, 11) is 0. The molecule has 0 spiro atoms. The number of hydrogen-bond donors (Lipinski definition) is 1. The maximum atomic E-state index is 11.8. The number of aromatic nitrogens is 3. The van der Waals surface area contributed by atoms with Gasteiger partial charge in [-0.05, 0) is 24.6 Å². The summed E-state index contributed by atoms with van der Waals surface area (Å²) in [6.45, 7) is 3.94. The van der Waals surface area contributed by atoms with Crippen LogP contribution < -0.4 is 5.32 Å². The lowest BCUT2D eigenvalue weighted by Crippen LogP contribution is -2.00. The van der Waals surface area contributed by atoms with Crippen molar-refractivity contribution in [2.75, 3.05) is 5.32 Å². The smallest absolute Gasteiger partial charge is 0.227 e. The van der Waals surface area contributed by atoms with E-state index in [1.54, 1.807) is 17.5 Å². The third-order valence-corrected chi connectivity index (χ3v) is 4.69. The lowest BCUT2D eigenvalue weighted by Gasteiger charge is -2.07. The summed E-state index contributed by atoms with van der Waals surface area (Å²) in [6.07, 6.45) is 4.97. The van der Waals surface area contributed by atoms with E-state index in [0.29, 0.717) is 17.9 Å². The fraction of sp³-hybridized carbons (Fsp3) is 0.222. The zero-order valence-electron chi connectivity index (χ0n) is 13.6. The van der Waals surface area contributed by atoms with Crippen molar-refractivity contribution >= 4 is 28.8 Å². The van der Waals surface area contributed by atoms with E-state index in [1.165, 1.54) is 0 Å². The van der Waals surface area contributed by atoms with Crippen LogP contribution in [0.5, 0.6) is 0 Å². The molecule has 0 radical (unpaired) electrons. The first-order chi connectivity index (χ1) is 11.7. The van der Waals surface area contributed by atoms with Gasteiger partial charge in [0.2, 0.25) is 5.95 Å². The molecule has 0 saturated heterocycles. The number of nitrogens with one attached hydrogen (secondary N) is 1. The minimum atomic E-state index is 0.116. The average molecular weight is 338 g/mol. The molecule has 0 aliphatic rings. The van der Waals surface area contributed by atoms with Gasteiger partial charge in [-0.2, -0.15) is 0 Å². The summed E-state index contributed by atoms with van der Waals surface area (Å²) in [4.78, 5) is 26.0. The molecule has 0 amide bonds. The molecule has 6 heteroatoms. The number of hydrogen-bond acceptors (Lipinski definition) is 6. The van der Waals surface area contributed by atoms with Gasteiger partial charge in [0.15, 0.2) is 5.78 Å². The van der Waals surface area contributed by atoms with Crippen molar-refractivity contribution in [2.24, 2.45) is 0 Å². The Labute approximate surface area is 144 Å². The molecule has 0 unspecified atom stereocenters. The SMILES string of the molecule is CCC(=O)c1cccc(Nc2nccc(-c3cnc(CC)s3)n2)c1. The van der Waals surface area contributed by atoms with E-state index in [0.717, 1.165) is 27.7 Å². The monoisotopic (exact) mass is 338 g/mol. The van der Waals surface area contributed by atoms with Crippen LogP contribution in [0.15, 0.2) is 42.7 Å². The van der Waals surface area contributed by atoms with Crippen LogP contribution in [-0.2, 0) is 6.42 Å². The quantitative estimate of drug-likeness (QED) is 0.670. The number of anilines is 2. The second-order valence-corrected chi connectivity index (χ2v) is 6.34. The van der Waals surface area contributed by atoms with E-state index in [-0.39, 0.29) is 5.78 Å². The number of carbonyl (C=O) groups excluding carboxylic acids is 1. The minimum Gasteiger partial charge on any atom is -0.324 e. The molecule has 0 aliphatic carbocycles. The molecule has 24 heavy (non-hydrogen) atoms. The number of thiazole rings is 1. The molecule has 3 rings (SSSR count). The van der Waals surface area contributed by atoms with Crippen LogP contribution in [0.2, 0.25) is 0 Å². The van der Waals surface area contributed by atoms with E-state index in [2.05, 4.69) is 27.2 Å². The first kappa shape index (κ1) is 16.3. The molecule has 2 heterocycles. The number of rotatable bonds is 6. The molecule has 122 valence electrons. The largest absolute Gasteiger partial charge is 0.324 e. The highest BCUT2D eigenvalue weighted by molar-refractivity contribution is 7.15. The van der Waals surface area contributed by atoms with E-state index in [1.807, 2.05) is 43.5 Å². The molecule has 0 atom stereocenters. The average Bonchev–Trinajstić information content (AvgIpc) is 3.11. The summed E-state index contributed by atoms with van der Waals surface area (Å²) >= 11 is 1.64. The highest BCUT2D eigenvalue weighted by Crippen LogP contribution is 2.25. The van der Waals surface area contributed by atoms with Crippen LogP contribution in [-0.4, -0.2) is 20.7 Å². The van der Waals surface area contributed by atoms with Crippen LogP contribution in [0.4, 0.5) is 11.6 Å². The third-order valence-electron chi connectivity index (χ3n) is 3.53. The Balaban J connectivity index is 1.83. The van der Waals surface area contributed by atoms with Crippen molar-refractivity contribution in [3.8, 4) is 10.6 Å². The number of carbonyl (C=O) groups is 1. The first-order valence-corrected chi connectivity index (χ1v) is 8.69. The van der Waals surface area contributed by atoms with Crippen LogP contribution in [0.3, 0.4) is 0 Å². The minimum absolute atomic E-state index is 0.116. The second kappa shape index (κ2) is 7.31. The van der Waals surface area contributed by atoms with Crippen molar-refractivity contribution in [1.29, 1.82) is 0 Å². The van der Waals surface area contributed by atoms with E-state index < -0.39 is 0 Å².